The Labute approximate surface area is 329 Å². The summed E-state index contributed by atoms with van der Waals surface area (Å²) < 4.78 is 44.5. The van der Waals surface area contributed by atoms with E-state index in [1.807, 2.05) is 6.08 Å². The van der Waals surface area contributed by atoms with Crippen LogP contribution in [0.3, 0.4) is 0 Å². The highest BCUT2D eigenvalue weighted by Crippen LogP contribution is 2.30. The zero-order valence-corrected chi connectivity index (χ0v) is 33.3. The van der Waals surface area contributed by atoms with Crippen LogP contribution >= 0.6 is 0 Å². The van der Waals surface area contributed by atoms with Gasteiger partial charge in [-0.05, 0) is 36.6 Å². The molecule has 7 atom stereocenters. The maximum absolute atomic E-state index is 13.2. The smallest absolute Gasteiger partial charge is 0.338 e. The van der Waals surface area contributed by atoms with Crippen molar-refractivity contribution in [2.24, 2.45) is 5.11 Å². The lowest BCUT2D eigenvalue weighted by Crippen LogP contribution is -2.63. The number of rotatable bonds is 27. The van der Waals surface area contributed by atoms with Gasteiger partial charge in [0.2, 0.25) is 0 Å². The van der Waals surface area contributed by atoms with Crippen molar-refractivity contribution in [1.29, 1.82) is 0 Å². The van der Waals surface area contributed by atoms with Crippen LogP contribution in [0.4, 0.5) is 0 Å². The Bertz CT molecular complexity index is 1420. The molecule has 0 unspecified atom stereocenters. The van der Waals surface area contributed by atoms with Gasteiger partial charge in [0, 0.05) is 25.7 Å². The number of ether oxygens (including phenoxy) is 8. The van der Waals surface area contributed by atoms with Crippen LogP contribution in [-0.4, -0.2) is 99.6 Å². The molecule has 1 aromatic rings. The van der Waals surface area contributed by atoms with Crippen LogP contribution in [0.5, 0.6) is 0 Å². The number of azide groups is 1. The first kappa shape index (κ1) is 47.7. The van der Waals surface area contributed by atoms with Crippen LogP contribution in [0.15, 0.2) is 47.6 Å². The predicted octanol–water partition coefficient (Wildman–Crippen LogP) is 6.87. The van der Waals surface area contributed by atoms with E-state index in [-0.39, 0.29) is 12.2 Å². The van der Waals surface area contributed by atoms with Gasteiger partial charge in [0.25, 0.3) is 0 Å². The van der Waals surface area contributed by atoms with E-state index in [2.05, 4.69) is 21.7 Å². The van der Waals surface area contributed by atoms with Crippen LogP contribution in [0.1, 0.15) is 115 Å². The van der Waals surface area contributed by atoms with Crippen molar-refractivity contribution in [2.75, 3.05) is 26.9 Å². The summed E-state index contributed by atoms with van der Waals surface area (Å²) in [6, 6.07) is 7.14. The molecule has 0 radical (unpaired) electrons. The molecular weight excluding hydrogens is 730 g/mol. The number of hydrogen-bond donors (Lipinski definition) is 0. The molecule has 1 fully saturated rings. The lowest BCUT2D eigenvalue weighted by molar-refractivity contribution is -0.310. The molecule has 1 aliphatic heterocycles. The molecule has 1 heterocycles. The molecule has 0 bridgehead atoms. The van der Waals surface area contributed by atoms with Crippen molar-refractivity contribution in [3.05, 3.63) is 58.5 Å². The van der Waals surface area contributed by atoms with Gasteiger partial charge < -0.3 is 37.9 Å². The summed E-state index contributed by atoms with van der Waals surface area (Å²) in [4.78, 5) is 64.6. The monoisotopic (exact) mass is 789 g/mol. The van der Waals surface area contributed by atoms with Crippen molar-refractivity contribution < 1.29 is 61.9 Å². The van der Waals surface area contributed by atoms with E-state index in [1.165, 1.54) is 58.5 Å². The number of unbranched alkanes of at least 4 members (excludes halogenated alkanes) is 11. The number of nitrogens with zero attached hydrogens (tertiary/aromatic N) is 3. The van der Waals surface area contributed by atoms with Gasteiger partial charge in [-0.1, -0.05) is 101 Å². The highest BCUT2D eigenvalue weighted by atomic mass is 16.7. The average Bonchev–Trinajstić information content (AvgIpc) is 3.16. The molecule has 0 amide bonds. The highest BCUT2D eigenvalue weighted by molar-refractivity contribution is 5.89. The second-order valence-electron chi connectivity index (χ2n) is 13.5. The zero-order valence-electron chi connectivity index (χ0n) is 33.3. The Kier molecular flexibility index (Phi) is 23.8. The molecule has 0 aromatic heterocycles. The normalized spacial score (nSPS) is 20.3. The second-order valence-corrected chi connectivity index (χ2v) is 13.5. The van der Waals surface area contributed by atoms with Crippen LogP contribution in [0, 0.1) is 0 Å². The van der Waals surface area contributed by atoms with Gasteiger partial charge in [0.15, 0.2) is 24.6 Å². The summed E-state index contributed by atoms with van der Waals surface area (Å²) in [5, 5.41) is 3.87. The van der Waals surface area contributed by atoms with Crippen LogP contribution in [0.2, 0.25) is 0 Å². The van der Waals surface area contributed by atoms with E-state index in [0.29, 0.717) is 6.42 Å². The fourth-order valence-corrected chi connectivity index (χ4v) is 6.06. The van der Waals surface area contributed by atoms with E-state index >= 15 is 0 Å². The summed E-state index contributed by atoms with van der Waals surface area (Å²) in [6.45, 7) is 4.24. The number of hydrogen-bond acceptors (Lipinski definition) is 14. The third-order valence-corrected chi connectivity index (χ3v) is 8.79. The molecular formula is C40H59N3O13. The number of carbonyl (C=O) groups is 5. The summed E-state index contributed by atoms with van der Waals surface area (Å²) in [6.07, 6.45) is 9.22. The van der Waals surface area contributed by atoms with Gasteiger partial charge >= 0.3 is 29.8 Å². The maximum Gasteiger partial charge on any atom is 0.338 e. The first-order valence-corrected chi connectivity index (χ1v) is 19.4. The Morgan fingerprint density at radius 1 is 0.821 bits per heavy atom. The molecule has 0 aliphatic carbocycles. The largest absolute Gasteiger partial charge is 0.467 e. The Hall–Kier alpha value is -4.50. The Morgan fingerprint density at radius 3 is 1.96 bits per heavy atom. The molecule has 0 saturated carbocycles. The third-order valence-electron chi connectivity index (χ3n) is 8.79. The summed E-state index contributed by atoms with van der Waals surface area (Å²) in [5.41, 5.74) is 9.85. The average molecular weight is 790 g/mol. The molecule has 16 heteroatoms. The van der Waals surface area contributed by atoms with Crippen LogP contribution < -0.4 is 0 Å². The van der Waals surface area contributed by atoms with Gasteiger partial charge in [0.05, 0.1) is 25.9 Å². The summed E-state index contributed by atoms with van der Waals surface area (Å²) in [5.74, 6) is -3.75. The lowest BCUT2D eigenvalue weighted by Gasteiger charge is -2.44. The van der Waals surface area contributed by atoms with Gasteiger partial charge in [-0.25, -0.2) is 9.59 Å². The molecule has 0 N–H and O–H groups in total. The summed E-state index contributed by atoms with van der Waals surface area (Å²) >= 11 is 0. The molecule has 16 nitrogen and oxygen atoms in total. The minimum absolute atomic E-state index is 0.276. The lowest BCUT2D eigenvalue weighted by atomic mass is 9.98. The van der Waals surface area contributed by atoms with Crippen LogP contribution in [-0.2, 0) is 57.1 Å². The van der Waals surface area contributed by atoms with Crippen molar-refractivity contribution in [2.45, 2.75) is 148 Å². The number of methoxy groups -OCH3 is 1. The van der Waals surface area contributed by atoms with Crippen molar-refractivity contribution in [3.8, 4) is 0 Å². The maximum atomic E-state index is 13.2. The fourth-order valence-electron chi connectivity index (χ4n) is 6.06. The van der Waals surface area contributed by atoms with Crippen molar-refractivity contribution in [1.82, 2.24) is 0 Å². The van der Waals surface area contributed by atoms with E-state index in [1.54, 1.807) is 36.4 Å². The minimum atomic E-state index is -1.52. The SMILES string of the molecule is CCCCCCCCCCCCC/C=C/[C@@H](OC(=O)c1ccccc1)[C@H](CO[C@H]1O[C@H](COCC(=O)OC)[C@H](OC(C)=O)[C@H](OC(C)=O)[C@H]1OC(C)=O)N=[N+]=[N-]. The van der Waals surface area contributed by atoms with Gasteiger partial charge in [0.1, 0.15) is 24.9 Å². The van der Waals surface area contributed by atoms with E-state index in [9.17, 15) is 29.5 Å². The molecule has 56 heavy (non-hydrogen) atoms. The number of carbonyl (C=O) groups excluding carboxylic acids is 5. The molecule has 1 aromatic carbocycles. The number of allylic oxidation sites excluding steroid dienone is 1. The van der Waals surface area contributed by atoms with E-state index < -0.39 is 85.9 Å². The Balaban J connectivity index is 2.27. The summed E-state index contributed by atoms with van der Waals surface area (Å²) in [7, 11) is 1.17. The number of esters is 5. The number of benzene rings is 1. The topological polar surface area (TPSA) is 208 Å². The minimum Gasteiger partial charge on any atom is -0.467 e. The van der Waals surface area contributed by atoms with Gasteiger partial charge in [-0.15, -0.1) is 0 Å². The first-order valence-electron chi connectivity index (χ1n) is 19.4. The fraction of sp³-hybridized carbons (Fsp3) is 0.675. The first-order chi connectivity index (χ1) is 27.0. The molecule has 0 spiro atoms. The van der Waals surface area contributed by atoms with E-state index in [4.69, 9.17) is 33.2 Å². The van der Waals surface area contributed by atoms with Crippen LogP contribution in [0.25, 0.3) is 10.4 Å². The predicted molar refractivity (Wildman–Crippen MR) is 203 cm³/mol. The molecule has 1 saturated heterocycles. The molecule has 312 valence electrons. The second kappa shape index (κ2) is 28.0. The zero-order chi connectivity index (χ0) is 41.1. The standard InChI is InChI=1S/C40H59N3O13/c1-6-7-8-9-10-11-12-13-14-15-16-17-21-24-33(55-39(48)31-22-19-18-20-23-31)32(42-43-41)25-51-40-38(54-30(4)46)37(53-29(3)45)36(52-28(2)44)34(56-40)26-50-27-35(47)49-5/h18-24,32-34,36-38,40H,6-17,25-27H2,1-5H3/b24-21+/t32-,33+,34+,36-,37-,38+,40-/m0/s1. The van der Waals surface area contributed by atoms with Crippen molar-refractivity contribution in [3.63, 3.8) is 0 Å². The quantitative estimate of drug-likeness (QED) is 0.0170. The molecule has 1 aliphatic rings. The Morgan fingerprint density at radius 2 is 1.39 bits per heavy atom. The van der Waals surface area contributed by atoms with E-state index in [0.717, 1.165) is 40.0 Å². The van der Waals surface area contributed by atoms with Gasteiger partial charge in [-0.2, -0.15) is 0 Å². The molecule has 2 rings (SSSR count). The third kappa shape index (κ3) is 18.9. The van der Waals surface area contributed by atoms with Crippen molar-refractivity contribution >= 4 is 29.8 Å². The van der Waals surface area contributed by atoms with Gasteiger partial charge in [-0.3, -0.25) is 14.4 Å². The highest BCUT2D eigenvalue weighted by Gasteiger charge is 2.52.